The van der Waals surface area contributed by atoms with Gasteiger partial charge in [0.05, 0.1) is 16.4 Å². The first-order valence-electron chi connectivity index (χ1n) is 16.2. The van der Waals surface area contributed by atoms with Gasteiger partial charge < -0.3 is 10.0 Å². The van der Waals surface area contributed by atoms with Crippen molar-refractivity contribution in [3.63, 3.8) is 0 Å². The van der Waals surface area contributed by atoms with Crippen molar-refractivity contribution >= 4 is 44.4 Å². The van der Waals surface area contributed by atoms with Gasteiger partial charge in [-0.3, -0.25) is 14.8 Å². The first kappa shape index (κ1) is 28.9. The molecule has 8 rings (SSSR count). The van der Waals surface area contributed by atoms with Crippen LogP contribution in [0.1, 0.15) is 76.9 Å². The predicted octanol–water partition coefficient (Wildman–Crippen LogP) is 7.43. The van der Waals surface area contributed by atoms with Crippen molar-refractivity contribution in [2.75, 3.05) is 16.8 Å². The van der Waals surface area contributed by atoms with E-state index in [-0.39, 0.29) is 11.6 Å². The number of nitrogens with zero attached hydrogens (tertiary/aromatic N) is 5. The highest BCUT2D eigenvalue weighted by atomic mass is 32.1. The number of fused-ring (bicyclic) bond motifs is 2. The van der Waals surface area contributed by atoms with Crippen LogP contribution in [-0.2, 0) is 19.5 Å². The third-order valence-electron chi connectivity index (χ3n) is 10.4. The second-order valence-electron chi connectivity index (χ2n) is 13.2. The number of pyridine rings is 1. The molecule has 10 heteroatoms. The van der Waals surface area contributed by atoms with E-state index in [4.69, 9.17) is 0 Å². The Hall–Kier alpha value is -4.57. The molecule has 3 aromatic heterocycles. The van der Waals surface area contributed by atoms with Crippen LogP contribution in [0.5, 0.6) is 0 Å². The molecule has 2 N–H and O–H groups in total. The van der Waals surface area contributed by atoms with Gasteiger partial charge in [-0.2, -0.15) is 5.10 Å². The van der Waals surface area contributed by atoms with Crippen molar-refractivity contribution in [3.8, 4) is 11.1 Å². The number of aromatic carboxylic acids is 1. The van der Waals surface area contributed by atoms with Gasteiger partial charge in [-0.1, -0.05) is 42.0 Å². The molecule has 2 aliphatic carbocycles. The fourth-order valence-corrected chi connectivity index (χ4v) is 8.48. The molecule has 1 spiro atoms. The lowest BCUT2D eigenvalue weighted by atomic mass is 9.59. The van der Waals surface area contributed by atoms with E-state index in [1.54, 1.807) is 6.20 Å². The quantitative estimate of drug-likeness (QED) is 0.192. The molecule has 0 saturated heterocycles. The average molecular weight is 633 g/mol. The average Bonchev–Trinajstić information content (AvgIpc) is 3.70. The monoisotopic (exact) mass is 632 g/mol. The Morgan fingerprint density at radius 2 is 1.85 bits per heavy atom. The molecule has 0 radical (unpaired) electrons. The third-order valence-corrected chi connectivity index (χ3v) is 11.4. The molecular formula is C36H36N6O3S. The van der Waals surface area contributed by atoms with E-state index in [1.807, 2.05) is 64.3 Å². The molecule has 46 heavy (non-hydrogen) atoms. The summed E-state index contributed by atoms with van der Waals surface area (Å²) in [7, 11) is 0. The topological polar surface area (TPSA) is 113 Å². The minimum Gasteiger partial charge on any atom is -0.476 e. The molecule has 5 aromatic rings. The molecule has 1 amide bonds. The maximum Gasteiger partial charge on any atom is 0.355 e. The van der Waals surface area contributed by atoms with E-state index in [2.05, 4.69) is 26.4 Å². The number of hydrogen-bond acceptors (Lipinski definition) is 7. The van der Waals surface area contributed by atoms with Gasteiger partial charge in [0, 0.05) is 42.5 Å². The molecule has 3 aliphatic rings. The van der Waals surface area contributed by atoms with E-state index in [0.29, 0.717) is 46.5 Å². The lowest BCUT2D eigenvalue weighted by molar-refractivity contribution is 0.0508. The number of anilines is 2. The number of aromatic nitrogens is 4. The summed E-state index contributed by atoms with van der Waals surface area (Å²) >= 11 is 1.45. The van der Waals surface area contributed by atoms with Gasteiger partial charge in [0.2, 0.25) is 0 Å². The van der Waals surface area contributed by atoms with Crippen molar-refractivity contribution in [2.24, 2.45) is 11.3 Å². The number of carboxylic acid groups (broad SMARTS) is 1. The molecule has 2 fully saturated rings. The summed E-state index contributed by atoms with van der Waals surface area (Å²) in [5.41, 5.74) is 5.44. The maximum absolute atomic E-state index is 13.5. The molecule has 0 unspecified atom stereocenters. The zero-order chi connectivity index (χ0) is 31.3. The Morgan fingerprint density at radius 3 is 2.63 bits per heavy atom. The zero-order valence-electron chi connectivity index (χ0n) is 25.6. The number of rotatable bonds is 7. The largest absolute Gasteiger partial charge is 0.476 e. The first-order valence-corrected chi connectivity index (χ1v) is 17.0. The Balaban J connectivity index is 0.995. The molecule has 2 aromatic carbocycles. The third kappa shape index (κ3) is 5.44. The molecule has 0 bridgehead atoms. The van der Waals surface area contributed by atoms with Crippen LogP contribution >= 0.6 is 11.3 Å². The van der Waals surface area contributed by atoms with E-state index in [1.165, 1.54) is 56.3 Å². The van der Waals surface area contributed by atoms with Gasteiger partial charge >= 0.3 is 5.97 Å². The molecule has 2 saturated carbocycles. The number of thiazole rings is 1. The number of nitrogens with one attached hydrogen (secondary N) is 1. The van der Waals surface area contributed by atoms with Crippen molar-refractivity contribution in [2.45, 2.75) is 64.5 Å². The van der Waals surface area contributed by atoms with E-state index >= 15 is 0 Å². The predicted molar refractivity (Wildman–Crippen MR) is 179 cm³/mol. The highest BCUT2D eigenvalue weighted by molar-refractivity contribution is 7.22. The van der Waals surface area contributed by atoms with E-state index < -0.39 is 5.97 Å². The van der Waals surface area contributed by atoms with Crippen LogP contribution in [0, 0.1) is 11.3 Å². The number of benzene rings is 2. The van der Waals surface area contributed by atoms with Crippen molar-refractivity contribution in [3.05, 3.63) is 89.4 Å². The van der Waals surface area contributed by atoms with E-state index in [0.717, 1.165) is 39.9 Å². The van der Waals surface area contributed by atoms with Gasteiger partial charge in [0.15, 0.2) is 10.8 Å². The highest BCUT2D eigenvalue weighted by Crippen LogP contribution is 2.52. The SMILES string of the molecule is O=C(Nc1nc2ccccc2s1)c1cccc2c1CN(c1ccc(-c3cnn(CC4CCC5(CCC5)CC4)c3)c(C(=O)O)n1)CC2. The fourth-order valence-electron chi connectivity index (χ4n) is 7.62. The van der Waals surface area contributed by atoms with Crippen molar-refractivity contribution < 1.29 is 14.7 Å². The molecule has 0 atom stereocenters. The Labute approximate surface area is 271 Å². The second kappa shape index (κ2) is 11.7. The fraction of sp³-hybridized carbons (Fsp3) is 0.361. The number of para-hydroxylation sites is 1. The van der Waals surface area contributed by atoms with Crippen molar-refractivity contribution in [1.29, 1.82) is 0 Å². The van der Waals surface area contributed by atoms with Crippen molar-refractivity contribution in [1.82, 2.24) is 19.7 Å². The molecular weight excluding hydrogens is 597 g/mol. The summed E-state index contributed by atoms with van der Waals surface area (Å²) in [4.78, 5) is 37.2. The summed E-state index contributed by atoms with van der Waals surface area (Å²) in [5, 5.41) is 18.4. The van der Waals surface area contributed by atoms with Crippen LogP contribution in [0.2, 0.25) is 0 Å². The van der Waals surface area contributed by atoms with Gasteiger partial charge in [-0.15, -0.1) is 0 Å². The summed E-state index contributed by atoms with van der Waals surface area (Å²) in [6.45, 7) is 1.98. The summed E-state index contributed by atoms with van der Waals surface area (Å²) in [6.07, 6.45) is 13.8. The molecule has 9 nitrogen and oxygen atoms in total. The smallest absolute Gasteiger partial charge is 0.355 e. The first-order chi connectivity index (χ1) is 22.4. The summed E-state index contributed by atoms with van der Waals surface area (Å²) < 4.78 is 2.99. The normalized spacial score (nSPS) is 17.5. The summed E-state index contributed by atoms with van der Waals surface area (Å²) in [5.74, 6) is -0.0858. The number of carbonyl (C=O) groups is 2. The standard InChI is InChI=1S/C36H36N6O3S/c43-33(40-35-38-29-7-1-2-8-30(29)46-35)27-6-3-5-24-13-18-41(22-28(24)27)31-10-9-26(32(39-31)34(44)45)25-19-37-42(21-25)20-23-11-16-36(17-12-23)14-4-15-36/h1-3,5-10,19,21,23H,4,11-18,20,22H2,(H,44,45)(H,38,40,43). The van der Waals surface area contributed by atoms with E-state index in [9.17, 15) is 14.7 Å². The number of hydrogen-bond donors (Lipinski definition) is 2. The van der Waals surface area contributed by atoms with Gasteiger partial charge in [0.1, 0.15) is 5.82 Å². The number of carboxylic acids is 1. The lowest BCUT2D eigenvalue weighted by Gasteiger charge is -2.47. The Morgan fingerprint density at radius 1 is 1.00 bits per heavy atom. The van der Waals surface area contributed by atoms with Gasteiger partial charge in [-0.25, -0.2) is 14.8 Å². The van der Waals surface area contributed by atoms with Crippen LogP contribution in [0.3, 0.4) is 0 Å². The lowest BCUT2D eigenvalue weighted by Crippen LogP contribution is -2.34. The van der Waals surface area contributed by atoms with Crippen LogP contribution < -0.4 is 10.2 Å². The van der Waals surface area contributed by atoms with Gasteiger partial charge in [-0.05, 0) is 97.7 Å². The maximum atomic E-state index is 13.5. The number of carbonyl (C=O) groups excluding carboxylic acids is 1. The molecule has 234 valence electrons. The number of amides is 1. The second-order valence-corrected chi connectivity index (χ2v) is 14.2. The Kier molecular flexibility index (Phi) is 7.32. The Bertz CT molecular complexity index is 1920. The van der Waals surface area contributed by atoms with Crippen LogP contribution in [0.25, 0.3) is 21.3 Å². The van der Waals surface area contributed by atoms with Crippen LogP contribution in [0.4, 0.5) is 10.9 Å². The van der Waals surface area contributed by atoms with Crippen LogP contribution in [0.15, 0.2) is 67.0 Å². The molecule has 1 aliphatic heterocycles. The zero-order valence-corrected chi connectivity index (χ0v) is 26.4. The highest BCUT2D eigenvalue weighted by Gasteiger charge is 2.40. The minimum absolute atomic E-state index is 0.00861. The van der Waals surface area contributed by atoms with Gasteiger partial charge in [0.25, 0.3) is 5.91 Å². The molecule has 4 heterocycles. The minimum atomic E-state index is -1.07. The summed E-state index contributed by atoms with van der Waals surface area (Å²) in [6, 6.07) is 17.3. The van der Waals surface area contributed by atoms with Crippen LogP contribution in [-0.4, -0.2) is 43.3 Å².